The molecular formula is C9H15F2NS. The summed E-state index contributed by atoms with van der Waals surface area (Å²) < 4.78 is 25.0. The molecule has 1 saturated heterocycles. The van der Waals surface area contributed by atoms with Crippen molar-refractivity contribution in [1.29, 1.82) is 0 Å². The molecule has 2 fully saturated rings. The zero-order valence-electron chi connectivity index (χ0n) is 7.56. The maximum Gasteiger partial charge on any atom is 0.252 e. The van der Waals surface area contributed by atoms with Crippen molar-refractivity contribution in [2.75, 3.05) is 18.1 Å². The fourth-order valence-corrected chi connectivity index (χ4v) is 2.81. The van der Waals surface area contributed by atoms with Gasteiger partial charge in [-0.15, -0.1) is 0 Å². The van der Waals surface area contributed by atoms with Gasteiger partial charge in [0.2, 0.25) is 0 Å². The zero-order valence-corrected chi connectivity index (χ0v) is 8.38. The van der Waals surface area contributed by atoms with Gasteiger partial charge in [0.15, 0.2) is 0 Å². The van der Waals surface area contributed by atoms with Crippen LogP contribution in [0.2, 0.25) is 0 Å². The van der Waals surface area contributed by atoms with Gasteiger partial charge in [-0.1, -0.05) is 0 Å². The highest BCUT2D eigenvalue weighted by Gasteiger charge is 2.56. The molecule has 2 aliphatic rings. The fourth-order valence-electron chi connectivity index (χ4n) is 1.70. The number of hydrogen-bond donors (Lipinski definition) is 1. The lowest BCUT2D eigenvalue weighted by Gasteiger charge is -2.22. The second-order valence-corrected chi connectivity index (χ2v) is 5.13. The van der Waals surface area contributed by atoms with Crippen molar-refractivity contribution in [3.05, 3.63) is 0 Å². The molecule has 0 aromatic heterocycles. The first kappa shape index (κ1) is 9.71. The third kappa shape index (κ3) is 2.56. The first-order valence-electron chi connectivity index (χ1n) is 4.87. The Morgan fingerprint density at radius 2 is 2.23 bits per heavy atom. The summed E-state index contributed by atoms with van der Waals surface area (Å²) in [4.78, 5) is 0. The van der Waals surface area contributed by atoms with Crippen molar-refractivity contribution in [2.24, 2.45) is 5.92 Å². The van der Waals surface area contributed by atoms with E-state index in [1.165, 1.54) is 12.2 Å². The van der Waals surface area contributed by atoms with Gasteiger partial charge in [-0.05, 0) is 18.6 Å². The molecule has 1 aliphatic carbocycles. The van der Waals surface area contributed by atoms with Gasteiger partial charge >= 0.3 is 0 Å². The molecule has 1 N–H and O–H groups in total. The van der Waals surface area contributed by atoms with Crippen LogP contribution in [0.25, 0.3) is 0 Å². The first-order valence-corrected chi connectivity index (χ1v) is 6.03. The summed E-state index contributed by atoms with van der Waals surface area (Å²) >= 11 is 1.92. The molecule has 2 atom stereocenters. The monoisotopic (exact) mass is 207 g/mol. The third-order valence-corrected chi connectivity index (χ3v) is 3.98. The van der Waals surface area contributed by atoms with Crippen LogP contribution in [0.15, 0.2) is 0 Å². The van der Waals surface area contributed by atoms with Gasteiger partial charge in [-0.25, -0.2) is 8.78 Å². The zero-order chi connectivity index (χ0) is 9.31. The highest BCUT2D eigenvalue weighted by molar-refractivity contribution is 7.99. The molecule has 76 valence electrons. The summed E-state index contributed by atoms with van der Waals surface area (Å²) in [5.41, 5.74) is 0. The molecule has 4 heteroatoms. The van der Waals surface area contributed by atoms with Crippen molar-refractivity contribution in [3.8, 4) is 0 Å². The van der Waals surface area contributed by atoms with Gasteiger partial charge in [0.05, 0.1) is 0 Å². The van der Waals surface area contributed by atoms with E-state index < -0.39 is 5.92 Å². The van der Waals surface area contributed by atoms with Gasteiger partial charge in [0, 0.05) is 30.7 Å². The maximum atomic E-state index is 12.5. The van der Waals surface area contributed by atoms with Crippen LogP contribution in [-0.4, -0.2) is 30.0 Å². The lowest BCUT2D eigenvalue weighted by atomic mass is 10.2. The highest BCUT2D eigenvalue weighted by Crippen LogP contribution is 2.48. The summed E-state index contributed by atoms with van der Waals surface area (Å²) in [7, 11) is 0. The van der Waals surface area contributed by atoms with Gasteiger partial charge in [0.25, 0.3) is 5.92 Å². The molecule has 2 rings (SSSR count). The Kier molecular flexibility index (Phi) is 2.79. The molecule has 1 aliphatic heterocycles. The minimum absolute atomic E-state index is 0.0971. The van der Waals surface area contributed by atoms with Crippen LogP contribution >= 0.6 is 11.8 Å². The molecule has 0 spiro atoms. The standard InChI is InChI=1S/C9H15F2NS/c10-9(11)4-7(9)5-12-8-2-1-3-13-6-8/h7-8,12H,1-6H2. The van der Waals surface area contributed by atoms with Crippen molar-refractivity contribution in [2.45, 2.75) is 31.2 Å². The SMILES string of the molecule is FC1(F)CC1CNC1CCCSC1. The quantitative estimate of drug-likeness (QED) is 0.761. The number of thioether (sulfide) groups is 1. The Bertz CT molecular complexity index is 180. The van der Waals surface area contributed by atoms with E-state index in [1.807, 2.05) is 11.8 Å². The van der Waals surface area contributed by atoms with Crippen LogP contribution < -0.4 is 5.32 Å². The Labute approximate surface area is 81.7 Å². The Hall–Kier alpha value is 0.170. The number of hydrogen-bond acceptors (Lipinski definition) is 2. The van der Waals surface area contributed by atoms with Crippen molar-refractivity contribution < 1.29 is 8.78 Å². The van der Waals surface area contributed by atoms with E-state index in [1.54, 1.807) is 0 Å². The molecule has 1 saturated carbocycles. The minimum atomic E-state index is -2.35. The number of nitrogens with one attached hydrogen (secondary N) is 1. The number of rotatable bonds is 3. The van der Waals surface area contributed by atoms with Gasteiger partial charge in [0.1, 0.15) is 0 Å². The summed E-state index contributed by atoms with van der Waals surface area (Å²) in [6.45, 7) is 0.512. The van der Waals surface area contributed by atoms with Gasteiger partial charge in [-0.3, -0.25) is 0 Å². The molecule has 13 heavy (non-hydrogen) atoms. The molecule has 0 bridgehead atoms. The van der Waals surface area contributed by atoms with Gasteiger partial charge in [-0.2, -0.15) is 11.8 Å². The summed E-state index contributed by atoms with van der Waals surface area (Å²) in [6.07, 6.45) is 2.48. The third-order valence-electron chi connectivity index (χ3n) is 2.77. The Morgan fingerprint density at radius 3 is 2.77 bits per heavy atom. The van der Waals surface area contributed by atoms with Crippen LogP contribution in [0, 0.1) is 5.92 Å². The molecule has 2 unspecified atom stereocenters. The van der Waals surface area contributed by atoms with Crippen molar-refractivity contribution >= 4 is 11.8 Å². The van der Waals surface area contributed by atoms with Gasteiger partial charge < -0.3 is 5.32 Å². The molecule has 0 aromatic carbocycles. The van der Waals surface area contributed by atoms with E-state index in [0.29, 0.717) is 12.6 Å². The van der Waals surface area contributed by atoms with E-state index in [0.717, 1.165) is 12.2 Å². The van der Waals surface area contributed by atoms with Crippen LogP contribution in [0.4, 0.5) is 8.78 Å². The van der Waals surface area contributed by atoms with E-state index in [4.69, 9.17) is 0 Å². The van der Waals surface area contributed by atoms with Crippen LogP contribution in [-0.2, 0) is 0 Å². The first-order chi connectivity index (χ1) is 6.18. The van der Waals surface area contributed by atoms with Crippen LogP contribution in [0.1, 0.15) is 19.3 Å². The predicted molar refractivity (Wildman–Crippen MR) is 51.4 cm³/mol. The average molecular weight is 207 g/mol. The molecule has 0 radical (unpaired) electrons. The lowest BCUT2D eigenvalue weighted by Crippen LogP contribution is -2.35. The molecule has 1 nitrogen and oxygen atoms in total. The minimum Gasteiger partial charge on any atom is -0.313 e. The maximum absolute atomic E-state index is 12.5. The normalized spacial score (nSPS) is 37.4. The molecular weight excluding hydrogens is 192 g/mol. The topological polar surface area (TPSA) is 12.0 Å². The largest absolute Gasteiger partial charge is 0.313 e. The highest BCUT2D eigenvalue weighted by atomic mass is 32.2. The molecule has 0 aromatic rings. The molecule has 1 heterocycles. The second kappa shape index (κ2) is 3.73. The Morgan fingerprint density at radius 1 is 1.46 bits per heavy atom. The Balaban J connectivity index is 1.62. The van der Waals surface area contributed by atoms with Crippen molar-refractivity contribution in [3.63, 3.8) is 0 Å². The number of alkyl halides is 2. The van der Waals surface area contributed by atoms with E-state index in [9.17, 15) is 8.78 Å². The second-order valence-electron chi connectivity index (χ2n) is 3.98. The van der Waals surface area contributed by atoms with E-state index in [2.05, 4.69) is 5.32 Å². The van der Waals surface area contributed by atoms with E-state index >= 15 is 0 Å². The smallest absolute Gasteiger partial charge is 0.252 e. The van der Waals surface area contributed by atoms with Crippen LogP contribution in [0.5, 0.6) is 0 Å². The predicted octanol–water partition coefficient (Wildman–Crippen LogP) is 2.13. The van der Waals surface area contributed by atoms with E-state index in [-0.39, 0.29) is 12.3 Å². The van der Waals surface area contributed by atoms with Crippen molar-refractivity contribution in [1.82, 2.24) is 5.32 Å². The average Bonchev–Trinajstić information content (AvgIpc) is 2.73. The fraction of sp³-hybridized carbons (Fsp3) is 1.00. The summed E-state index contributed by atoms with van der Waals surface area (Å²) in [5, 5.41) is 3.24. The van der Waals surface area contributed by atoms with Crippen LogP contribution in [0.3, 0.4) is 0 Å². The summed E-state index contributed by atoms with van der Waals surface area (Å²) in [5.74, 6) is -0.398. The molecule has 0 amide bonds. The lowest BCUT2D eigenvalue weighted by molar-refractivity contribution is 0.0981. The number of halogens is 2. The summed E-state index contributed by atoms with van der Waals surface area (Å²) in [6, 6.07) is 0.482.